The van der Waals surface area contributed by atoms with Gasteiger partial charge in [-0.15, -0.1) is 0 Å². The first-order valence-electron chi connectivity index (χ1n) is 7.61. The third-order valence-electron chi connectivity index (χ3n) is 3.57. The Kier molecular flexibility index (Phi) is 4.19. The van der Waals surface area contributed by atoms with Crippen LogP contribution in [0.1, 0.15) is 26.2 Å². The van der Waals surface area contributed by atoms with Crippen molar-refractivity contribution in [3.63, 3.8) is 0 Å². The summed E-state index contributed by atoms with van der Waals surface area (Å²) in [5.74, 6) is 0.870. The summed E-state index contributed by atoms with van der Waals surface area (Å²) in [4.78, 5) is 19.7. The highest BCUT2D eigenvalue weighted by atomic mass is 16.1. The second-order valence-corrected chi connectivity index (χ2v) is 5.34. The Morgan fingerprint density at radius 3 is 2.86 bits per heavy atom. The van der Waals surface area contributed by atoms with Crippen molar-refractivity contribution in [3.05, 3.63) is 48.5 Å². The maximum atomic E-state index is 11.8. The van der Waals surface area contributed by atoms with Crippen molar-refractivity contribution < 1.29 is 4.79 Å². The first-order valence-corrected chi connectivity index (χ1v) is 7.61. The van der Waals surface area contributed by atoms with Crippen molar-refractivity contribution in [2.75, 3.05) is 5.32 Å². The number of para-hydroxylation sites is 2. The van der Waals surface area contributed by atoms with Crippen LogP contribution in [0.5, 0.6) is 0 Å². The van der Waals surface area contributed by atoms with Gasteiger partial charge in [0.25, 0.3) is 0 Å². The van der Waals surface area contributed by atoms with Crippen LogP contribution in [0.15, 0.2) is 48.5 Å². The molecule has 1 amide bonds. The molecule has 0 radical (unpaired) electrons. The molecule has 4 heteroatoms. The standard InChI is InChI=1S/C18H19N3O/c1-2-3-11-17(22)19-14-8-6-7-13(12-14)18-20-15-9-4-5-10-16(15)21-18/h4-10,12H,2-3,11H2,1H3,(H,19,22)(H,20,21). The topological polar surface area (TPSA) is 57.8 Å². The maximum absolute atomic E-state index is 11.8. The van der Waals surface area contributed by atoms with E-state index in [2.05, 4.69) is 22.2 Å². The van der Waals surface area contributed by atoms with Crippen molar-refractivity contribution in [2.45, 2.75) is 26.2 Å². The Balaban J connectivity index is 1.82. The number of unbranched alkanes of at least 4 members (excludes halogenated alkanes) is 1. The third-order valence-corrected chi connectivity index (χ3v) is 3.57. The van der Waals surface area contributed by atoms with Crippen LogP contribution in [0.4, 0.5) is 5.69 Å². The Morgan fingerprint density at radius 2 is 2.05 bits per heavy atom. The van der Waals surface area contributed by atoms with E-state index in [1.165, 1.54) is 0 Å². The van der Waals surface area contributed by atoms with E-state index in [0.29, 0.717) is 6.42 Å². The van der Waals surface area contributed by atoms with Crippen LogP contribution in [0.3, 0.4) is 0 Å². The summed E-state index contributed by atoms with van der Waals surface area (Å²) in [5, 5.41) is 2.94. The highest BCUT2D eigenvalue weighted by molar-refractivity contribution is 5.91. The zero-order chi connectivity index (χ0) is 15.4. The van der Waals surface area contributed by atoms with E-state index in [9.17, 15) is 4.79 Å². The maximum Gasteiger partial charge on any atom is 0.224 e. The fourth-order valence-corrected chi connectivity index (χ4v) is 2.39. The van der Waals surface area contributed by atoms with Gasteiger partial charge in [-0.05, 0) is 30.7 Å². The lowest BCUT2D eigenvalue weighted by Gasteiger charge is -2.06. The number of anilines is 1. The minimum absolute atomic E-state index is 0.0589. The quantitative estimate of drug-likeness (QED) is 0.734. The lowest BCUT2D eigenvalue weighted by molar-refractivity contribution is -0.116. The van der Waals surface area contributed by atoms with Gasteiger partial charge in [0.1, 0.15) is 5.82 Å². The molecule has 0 aliphatic rings. The van der Waals surface area contributed by atoms with E-state index in [1.807, 2.05) is 48.5 Å². The molecule has 2 aromatic carbocycles. The second kappa shape index (κ2) is 6.43. The molecule has 0 saturated carbocycles. The number of carbonyl (C=O) groups is 1. The van der Waals surface area contributed by atoms with Gasteiger partial charge in [-0.3, -0.25) is 4.79 Å². The summed E-state index contributed by atoms with van der Waals surface area (Å²) in [6.45, 7) is 2.08. The van der Waals surface area contributed by atoms with Crippen LogP contribution < -0.4 is 5.32 Å². The lowest BCUT2D eigenvalue weighted by Crippen LogP contribution is -2.10. The number of fused-ring (bicyclic) bond motifs is 1. The SMILES string of the molecule is CCCCC(=O)Nc1cccc(-c2nc3ccccc3[nH]2)c1. The van der Waals surface area contributed by atoms with Gasteiger partial charge >= 0.3 is 0 Å². The molecule has 0 aliphatic heterocycles. The van der Waals surface area contributed by atoms with Crippen molar-refractivity contribution in [2.24, 2.45) is 0 Å². The fraction of sp³-hybridized carbons (Fsp3) is 0.222. The predicted octanol–water partition coefficient (Wildman–Crippen LogP) is 4.36. The van der Waals surface area contributed by atoms with E-state index in [4.69, 9.17) is 0 Å². The van der Waals surface area contributed by atoms with Gasteiger partial charge in [0.05, 0.1) is 11.0 Å². The molecule has 3 rings (SSSR count). The van der Waals surface area contributed by atoms with Crippen LogP contribution in [0, 0.1) is 0 Å². The number of amides is 1. The molecule has 4 nitrogen and oxygen atoms in total. The van der Waals surface area contributed by atoms with Gasteiger partial charge in [0, 0.05) is 17.7 Å². The Hall–Kier alpha value is -2.62. The lowest BCUT2D eigenvalue weighted by atomic mass is 10.2. The molecule has 1 aromatic heterocycles. The van der Waals surface area contributed by atoms with E-state index in [-0.39, 0.29) is 5.91 Å². The molecule has 0 saturated heterocycles. The Bertz CT molecular complexity index is 759. The third kappa shape index (κ3) is 3.17. The highest BCUT2D eigenvalue weighted by Gasteiger charge is 2.07. The number of hydrogen-bond acceptors (Lipinski definition) is 2. The number of carbonyl (C=O) groups excluding carboxylic acids is 1. The van der Waals surface area contributed by atoms with E-state index in [1.54, 1.807) is 0 Å². The van der Waals surface area contributed by atoms with Crippen molar-refractivity contribution in [3.8, 4) is 11.4 Å². The van der Waals surface area contributed by atoms with Crippen LogP contribution in [0.25, 0.3) is 22.4 Å². The normalized spacial score (nSPS) is 10.8. The summed E-state index contributed by atoms with van der Waals surface area (Å²) < 4.78 is 0. The van der Waals surface area contributed by atoms with Crippen LogP contribution in [-0.2, 0) is 4.79 Å². The molecular formula is C18H19N3O. The molecule has 22 heavy (non-hydrogen) atoms. The first kappa shape index (κ1) is 14.3. The number of hydrogen-bond donors (Lipinski definition) is 2. The van der Waals surface area contributed by atoms with E-state index in [0.717, 1.165) is 41.0 Å². The fourth-order valence-electron chi connectivity index (χ4n) is 2.39. The van der Waals surface area contributed by atoms with Crippen LogP contribution in [0.2, 0.25) is 0 Å². The summed E-state index contributed by atoms with van der Waals surface area (Å²) in [5.41, 5.74) is 3.72. The summed E-state index contributed by atoms with van der Waals surface area (Å²) in [6, 6.07) is 15.7. The minimum atomic E-state index is 0.0589. The average molecular weight is 293 g/mol. The molecule has 0 aliphatic carbocycles. The molecule has 0 fully saturated rings. The summed E-state index contributed by atoms with van der Waals surface area (Å²) in [7, 11) is 0. The second-order valence-electron chi connectivity index (χ2n) is 5.34. The molecule has 0 bridgehead atoms. The zero-order valence-electron chi connectivity index (χ0n) is 12.6. The highest BCUT2D eigenvalue weighted by Crippen LogP contribution is 2.23. The van der Waals surface area contributed by atoms with Gasteiger partial charge in [-0.1, -0.05) is 37.6 Å². The van der Waals surface area contributed by atoms with E-state index < -0.39 is 0 Å². The monoisotopic (exact) mass is 293 g/mol. The number of nitrogens with zero attached hydrogens (tertiary/aromatic N) is 1. The summed E-state index contributed by atoms with van der Waals surface area (Å²) >= 11 is 0. The smallest absolute Gasteiger partial charge is 0.224 e. The largest absolute Gasteiger partial charge is 0.338 e. The van der Waals surface area contributed by atoms with E-state index >= 15 is 0 Å². The molecule has 1 heterocycles. The number of rotatable bonds is 5. The first-order chi connectivity index (χ1) is 10.8. The molecular weight excluding hydrogens is 274 g/mol. The average Bonchev–Trinajstić information content (AvgIpc) is 2.97. The van der Waals surface area contributed by atoms with Gasteiger partial charge in [0.2, 0.25) is 5.91 Å². The molecule has 112 valence electrons. The van der Waals surface area contributed by atoms with Gasteiger partial charge in [-0.2, -0.15) is 0 Å². The number of aromatic nitrogens is 2. The van der Waals surface area contributed by atoms with Gasteiger partial charge in [0.15, 0.2) is 0 Å². The van der Waals surface area contributed by atoms with Gasteiger partial charge in [-0.25, -0.2) is 4.98 Å². The number of nitrogens with one attached hydrogen (secondary N) is 2. The Morgan fingerprint density at radius 1 is 1.18 bits per heavy atom. The van der Waals surface area contributed by atoms with Gasteiger partial charge < -0.3 is 10.3 Å². The van der Waals surface area contributed by atoms with Crippen molar-refractivity contribution >= 4 is 22.6 Å². The predicted molar refractivity (Wildman–Crippen MR) is 89.7 cm³/mol. The minimum Gasteiger partial charge on any atom is -0.338 e. The zero-order valence-corrected chi connectivity index (χ0v) is 12.6. The van der Waals surface area contributed by atoms with Crippen LogP contribution in [-0.4, -0.2) is 15.9 Å². The number of benzene rings is 2. The molecule has 0 unspecified atom stereocenters. The van der Waals surface area contributed by atoms with Crippen molar-refractivity contribution in [1.82, 2.24) is 9.97 Å². The number of H-pyrrole nitrogens is 1. The summed E-state index contributed by atoms with van der Waals surface area (Å²) in [6.07, 6.45) is 2.49. The number of aromatic amines is 1. The van der Waals surface area contributed by atoms with Crippen molar-refractivity contribution in [1.29, 1.82) is 0 Å². The molecule has 3 aromatic rings. The Labute approximate surface area is 129 Å². The molecule has 0 spiro atoms. The number of imidazole rings is 1. The molecule has 2 N–H and O–H groups in total. The molecule has 0 atom stereocenters. The van der Waals surface area contributed by atoms with Crippen LogP contribution >= 0.6 is 0 Å².